The van der Waals surface area contributed by atoms with Crippen molar-refractivity contribution < 1.29 is 23.9 Å². The molecule has 5 heterocycles. The first-order valence-electron chi connectivity index (χ1n) is 15.7. The zero-order valence-corrected chi connectivity index (χ0v) is 27.3. The van der Waals surface area contributed by atoms with Gasteiger partial charge in [-0.1, -0.05) is 32.9 Å². The lowest BCUT2D eigenvalue weighted by molar-refractivity contribution is -0.121. The van der Waals surface area contributed by atoms with Crippen molar-refractivity contribution in [3.8, 4) is 11.1 Å². The number of hydrogen-bond donors (Lipinski definition) is 2. The van der Waals surface area contributed by atoms with Crippen LogP contribution in [0.15, 0.2) is 54.3 Å². The molecule has 2 unspecified atom stereocenters. The number of anilines is 2. The van der Waals surface area contributed by atoms with E-state index in [0.29, 0.717) is 36.0 Å². The number of hydrogen-bond acceptors (Lipinski definition) is 7. The molecule has 244 valence electrons. The summed E-state index contributed by atoms with van der Waals surface area (Å²) in [6.45, 7) is 8.39. The first-order valence-corrected chi connectivity index (χ1v) is 16.6. The Morgan fingerprint density at radius 3 is 2.57 bits per heavy atom. The van der Waals surface area contributed by atoms with Gasteiger partial charge in [-0.2, -0.15) is 0 Å². The molecule has 1 fully saturated rings. The number of nitrogens with one attached hydrogen (secondary N) is 1. The molecule has 3 aliphatic rings. The molecule has 3 aliphatic heterocycles. The number of aryl methyl sites for hydroxylation is 1. The fourth-order valence-corrected chi connectivity index (χ4v) is 7.55. The number of imidazole rings is 1. The molecule has 7 rings (SSSR count). The van der Waals surface area contributed by atoms with Crippen molar-refractivity contribution >= 4 is 40.1 Å². The van der Waals surface area contributed by atoms with Crippen LogP contribution >= 0.6 is 11.3 Å². The van der Waals surface area contributed by atoms with Gasteiger partial charge in [0, 0.05) is 60.3 Å². The van der Waals surface area contributed by atoms with Crippen LogP contribution in [-0.2, 0) is 24.3 Å². The number of carbonyl (C=O) groups is 3. The predicted molar refractivity (Wildman–Crippen MR) is 176 cm³/mol. The van der Waals surface area contributed by atoms with E-state index in [-0.39, 0.29) is 29.1 Å². The molecular weight excluding hydrogens is 621 g/mol. The summed E-state index contributed by atoms with van der Waals surface area (Å²) in [7, 11) is 0. The van der Waals surface area contributed by atoms with Gasteiger partial charge in [-0.25, -0.2) is 19.2 Å². The lowest BCUT2D eigenvalue weighted by Gasteiger charge is -2.46. The van der Waals surface area contributed by atoms with Crippen molar-refractivity contribution in [3.05, 3.63) is 82.6 Å². The minimum atomic E-state index is -1.05. The summed E-state index contributed by atoms with van der Waals surface area (Å²) in [6, 6.07) is 9.59. The second kappa shape index (κ2) is 11.8. The van der Waals surface area contributed by atoms with Crippen molar-refractivity contribution in [3.63, 3.8) is 0 Å². The fourth-order valence-electron chi connectivity index (χ4n) is 7.02. The fraction of sp³-hybridized carbons (Fsp3) is 0.382. The summed E-state index contributed by atoms with van der Waals surface area (Å²) in [5.41, 5.74) is 3.89. The van der Waals surface area contributed by atoms with E-state index in [4.69, 9.17) is 0 Å². The Balaban J connectivity index is 1.15. The lowest BCUT2D eigenvalue weighted by Crippen LogP contribution is -2.59. The average molecular weight is 658 g/mol. The third kappa shape index (κ3) is 5.62. The van der Waals surface area contributed by atoms with Gasteiger partial charge in [0.05, 0.1) is 24.6 Å². The second-order valence-corrected chi connectivity index (χ2v) is 14.3. The van der Waals surface area contributed by atoms with Gasteiger partial charge >= 0.3 is 6.09 Å². The standard InChI is InChI=1S/C34H36FN7O4S/c1-34(2,3)27-18-39(12-13-41(27)33(45)46)22-8-6-20(7-9-22)21-15-23-24(25(35)16-21)17-42(31(23)44)29(30(43)38-32-36-10-14-47-32)28-26-5-4-11-40(26)19-37-28/h6-10,14-16,19,27,29H,4-5,11-13,17-18H2,1-3H3,(H,45,46)(H,36,38,43). The monoisotopic (exact) mass is 657 g/mol. The van der Waals surface area contributed by atoms with E-state index in [9.17, 15) is 19.5 Å². The number of carbonyl (C=O) groups excluding carboxylic acids is 2. The Kier molecular flexibility index (Phi) is 7.74. The molecule has 11 nitrogen and oxygen atoms in total. The lowest BCUT2D eigenvalue weighted by atomic mass is 9.84. The van der Waals surface area contributed by atoms with Gasteiger partial charge in [0.1, 0.15) is 5.82 Å². The summed E-state index contributed by atoms with van der Waals surface area (Å²) in [5.74, 6) is -1.38. The Morgan fingerprint density at radius 1 is 1.09 bits per heavy atom. The maximum absolute atomic E-state index is 15.8. The van der Waals surface area contributed by atoms with Crippen LogP contribution < -0.4 is 10.2 Å². The summed E-state index contributed by atoms with van der Waals surface area (Å²) in [5, 5.41) is 14.7. The van der Waals surface area contributed by atoms with Crippen molar-refractivity contribution in [1.29, 1.82) is 0 Å². The van der Waals surface area contributed by atoms with E-state index in [0.717, 1.165) is 36.3 Å². The first kappa shape index (κ1) is 30.9. The minimum Gasteiger partial charge on any atom is -0.465 e. The summed E-state index contributed by atoms with van der Waals surface area (Å²) in [6.07, 6.45) is 4.05. The largest absolute Gasteiger partial charge is 0.465 e. The maximum Gasteiger partial charge on any atom is 0.407 e. The number of fused-ring (bicyclic) bond motifs is 2. The van der Waals surface area contributed by atoms with Gasteiger partial charge in [-0.3, -0.25) is 14.9 Å². The number of nitrogens with zero attached hydrogens (tertiary/aromatic N) is 6. The van der Waals surface area contributed by atoms with Crippen LogP contribution in [-0.4, -0.2) is 73.0 Å². The zero-order valence-electron chi connectivity index (χ0n) is 26.4. The molecule has 4 aromatic rings. The number of rotatable bonds is 6. The van der Waals surface area contributed by atoms with E-state index in [1.807, 2.05) is 49.6 Å². The van der Waals surface area contributed by atoms with E-state index in [1.54, 1.807) is 24.0 Å². The number of halogens is 1. The van der Waals surface area contributed by atoms with Gasteiger partial charge in [0.25, 0.3) is 11.8 Å². The molecule has 0 aliphatic carbocycles. The van der Waals surface area contributed by atoms with Gasteiger partial charge in [-0.05, 0) is 53.6 Å². The maximum atomic E-state index is 15.8. The predicted octanol–water partition coefficient (Wildman–Crippen LogP) is 5.64. The Hall–Kier alpha value is -4.78. The highest BCUT2D eigenvalue weighted by Crippen LogP contribution is 2.38. The third-order valence-corrected chi connectivity index (χ3v) is 10.2. The molecule has 0 radical (unpaired) electrons. The number of carboxylic acid groups (broad SMARTS) is 1. The Bertz CT molecular complexity index is 1850. The van der Waals surface area contributed by atoms with Crippen molar-refractivity contribution in [1.82, 2.24) is 24.3 Å². The number of benzene rings is 2. The van der Waals surface area contributed by atoms with E-state index in [1.165, 1.54) is 27.2 Å². The van der Waals surface area contributed by atoms with Crippen LogP contribution in [0.2, 0.25) is 0 Å². The topological polar surface area (TPSA) is 124 Å². The molecule has 2 aromatic heterocycles. The molecule has 2 aromatic carbocycles. The third-order valence-electron chi connectivity index (χ3n) is 9.48. The smallest absolute Gasteiger partial charge is 0.407 e. The molecule has 47 heavy (non-hydrogen) atoms. The molecule has 13 heteroatoms. The summed E-state index contributed by atoms with van der Waals surface area (Å²) in [4.78, 5) is 53.4. The van der Waals surface area contributed by atoms with E-state index < -0.39 is 29.8 Å². The number of thiazole rings is 1. The highest BCUT2D eigenvalue weighted by Gasteiger charge is 2.42. The molecule has 2 atom stereocenters. The Labute approximate surface area is 275 Å². The SMILES string of the molecule is CC(C)(C)C1CN(c2ccc(-c3cc(F)c4c(c3)C(=O)N(C(C(=O)Nc3nccs3)c3ncn5c3CCC5)C4)cc2)CCN1C(=O)O. The molecule has 0 spiro atoms. The normalized spacial score (nSPS) is 18.3. The van der Waals surface area contributed by atoms with Crippen molar-refractivity contribution in [2.75, 3.05) is 29.9 Å². The minimum absolute atomic E-state index is 0.0568. The molecule has 0 bridgehead atoms. The van der Waals surface area contributed by atoms with Crippen LogP contribution in [0.3, 0.4) is 0 Å². The van der Waals surface area contributed by atoms with Gasteiger partial charge in [0.2, 0.25) is 0 Å². The zero-order chi connectivity index (χ0) is 33.0. The average Bonchev–Trinajstić information content (AvgIpc) is 3.85. The van der Waals surface area contributed by atoms with Crippen LogP contribution in [0.5, 0.6) is 0 Å². The molecular formula is C34H36FN7O4S. The summed E-state index contributed by atoms with van der Waals surface area (Å²) >= 11 is 1.28. The number of piperazine rings is 1. The van der Waals surface area contributed by atoms with Crippen LogP contribution in [0.1, 0.15) is 60.5 Å². The molecule has 1 saturated heterocycles. The van der Waals surface area contributed by atoms with Crippen molar-refractivity contribution in [2.24, 2.45) is 5.41 Å². The molecule has 3 amide bonds. The van der Waals surface area contributed by atoms with Crippen LogP contribution in [0.25, 0.3) is 11.1 Å². The van der Waals surface area contributed by atoms with E-state index in [2.05, 4.69) is 20.2 Å². The van der Waals surface area contributed by atoms with Crippen LogP contribution in [0.4, 0.5) is 20.0 Å². The van der Waals surface area contributed by atoms with E-state index >= 15 is 4.39 Å². The molecule has 2 N–H and O–H groups in total. The number of aromatic nitrogens is 3. The summed E-state index contributed by atoms with van der Waals surface area (Å²) < 4.78 is 17.8. The highest BCUT2D eigenvalue weighted by atomic mass is 32.1. The second-order valence-electron chi connectivity index (χ2n) is 13.4. The first-order chi connectivity index (χ1) is 22.5. The van der Waals surface area contributed by atoms with Gasteiger partial charge in [-0.15, -0.1) is 11.3 Å². The Morgan fingerprint density at radius 2 is 1.87 bits per heavy atom. The van der Waals surface area contributed by atoms with Gasteiger partial charge in [0.15, 0.2) is 11.2 Å². The van der Waals surface area contributed by atoms with Gasteiger partial charge < -0.3 is 24.4 Å². The molecule has 0 saturated carbocycles. The quantitative estimate of drug-likeness (QED) is 0.275. The van der Waals surface area contributed by atoms with Crippen LogP contribution in [0, 0.1) is 11.2 Å². The number of amides is 3. The van der Waals surface area contributed by atoms with Crippen molar-refractivity contribution in [2.45, 2.75) is 58.8 Å². The highest BCUT2D eigenvalue weighted by molar-refractivity contribution is 7.13.